The lowest BCUT2D eigenvalue weighted by Crippen LogP contribution is -2.56. The van der Waals surface area contributed by atoms with Gasteiger partial charge in [0.15, 0.2) is 0 Å². The van der Waals surface area contributed by atoms with E-state index in [0.29, 0.717) is 17.9 Å². The van der Waals surface area contributed by atoms with E-state index < -0.39 is 0 Å². The second-order valence-corrected chi connectivity index (χ2v) is 7.09. The van der Waals surface area contributed by atoms with Crippen molar-refractivity contribution >= 4 is 5.91 Å². The highest BCUT2D eigenvalue weighted by Crippen LogP contribution is 2.52. The fraction of sp³-hybridized carbons (Fsp3) is 0.611. The Morgan fingerprint density at radius 2 is 1.90 bits per heavy atom. The fourth-order valence-electron chi connectivity index (χ4n) is 3.44. The van der Waals surface area contributed by atoms with Crippen molar-refractivity contribution in [2.24, 2.45) is 11.3 Å². The van der Waals surface area contributed by atoms with Crippen LogP contribution < -0.4 is 10.6 Å². The summed E-state index contributed by atoms with van der Waals surface area (Å²) in [4.78, 5) is 11.6. The van der Waals surface area contributed by atoms with Gasteiger partial charge < -0.3 is 10.6 Å². The van der Waals surface area contributed by atoms with Crippen LogP contribution in [0.5, 0.6) is 0 Å². The Morgan fingerprint density at radius 3 is 2.52 bits per heavy atom. The summed E-state index contributed by atoms with van der Waals surface area (Å²) in [5.74, 6) is 1.19. The summed E-state index contributed by atoms with van der Waals surface area (Å²) < 4.78 is 0. The molecule has 0 aliphatic heterocycles. The number of benzene rings is 1. The third-order valence-electron chi connectivity index (χ3n) is 5.23. The number of rotatable bonds is 6. The molecule has 2 N–H and O–H groups in total. The number of hydrogen-bond donors (Lipinski definition) is 2. The van der Waals surface area contributed by atoms with Crippen molar-refractivity contribution in [3.05, 3.63) is 35.9 Å². The first-order chi connectivity index (χ1) is 10.1. The van der Waals surface area contributed by atoms with E-state index in [-0.39, 0.29) is 11.3 Å². The first-order valence-electron chi connectivity index (χ1n) is 8.15. The average Bonchev–Trinajstić information content (AvgIpc) is 3.31. The number of amides is 1. The van der Waals surface area contributed by atoms with Crippen LogP contribution >= 0.6 is 0 Å². The predicted molar refractivity (Wildman–Crippen MR) is 85.1 cm³/mol. The lowest BCUT2D eigenvalue weighted by molar-refractivity contribution is -0.122. The van der Waals surface area contributed by atoms with E-state index in [1.54, 1.807) is 0 Å². The van der Waals surface area contributed by atoms with Gasteiger partial charge in [0.2, 0.25) is 5.91 Å². The summed E-state index contributed by atoms with van der Waals surface area (Å²) in [6, 6.07) is 11.3. The molecule has 2 aliphatic rings. The number of nitrogens with one attached hydrogen (secondary N) is 2. The third kappa shape index (κ3) is 3.13. The fourth-order valence-corrected chi connectivity index (χ4v) is 3.44. The first kappa shape index (κ1) is 14.6. The van der Waals surface area contributed by atoms with Crippen LogP contribution in [0.25, 0.3) is 0 Å². The number of carbonyl (C=O) groups is 1. The molecule has 0 saturated heterocycles. The molecule has 0 heterocycles. The van der Waals surface area contributed by atoms with Crippen molar-refractivity contribution in [2.45, 2.75) is 45.1 Å². The molecule has 2 fully saturated rings. The van der Waals surface area contributed by atoms with Crippen LogP contribution in [0, 0.1) is 11.3 Å². The minimum atomic E-state index is 0.242. The van der Waals surface area contributed by atoms with Gasteiger partial charge in [0.1, 0.15) is 0 Å². The summed E-state index contributed by atoms with van der Waals surface area (Å²) in [7, 11) is 0. The van der Waals surface area contributed by atoms with Crippen LogP contribution in [0.4, 0.5) is 0 Å². The highest BCUT2D eigenvalue weighted by atomic mass is 16.2. The molecule has 2 saturated carbocycles. The molecule has 3 heteroatoms. The minimum absolute atomic E-state index is 0.242. The normalized spacial score (nSPS) is 27.0. The molecule has 0 unspecified atom stereocenters. The Balaban J connectivity index is 1.42. The third-order valence-corrected chi connectivity index (χ3v) is 5.23. The molecular formula is C18H26N2O. The number of carbonyl (C=O) groups excluding carboxylic acids is 1. The van der Waals surface area contributed by atoms with E-state index in [2.05, 4.69) is 54.8 Å². The second-order valence-electron chi connectivity index (χ2n) is 7.09. The zero-order valence-corrected chi connectivity index (χ0v) is 13.1. The lowest BCUT2D eigenvalue weighted by atomic mass is 9.56. The Morgan fingerprint density at radius 1 is 1.19 bits per heavy atom. The van der Waals surface area contributed by atoms with Gasteiger partial charge >= 0.3 is 0 Å². The van der Waals surface area contributed by atoms with Crippen molar-refractivity contribution in [2.75, 3.05) is 13.1 Å². The standard InChI is InChI=1S/C18H26N2O/c1-18(2)15(13-6-4-3-5-7-13)12-16(18)19-10-11-20-17(21)14-8-9-14/h3-7,14-16,19H,8-12H2,1-2H3,(H,20,21)/t15-,16-/m1/s1. The van der Waals surface area contributed by atoms with Crippen LogP contribution in [-0.4, -0.2) is 25.0 Å². The zero-order valence-electron chi connectivity index (χ0n) is 13.1. The summed E-state index contributed by atoms with van der Waals surface area (Å²) in [5, 5.41) is 6.63. The first-order valence-corrected chi connectivity index (χ1v) is 8.15. The van der Waals surface area contributed by atoms with Crippen LogP contribution in [-0.2, 0) is 4.79 Å². The molecule has 1 amide bonds. The van der Waals surface area contributed by atoms with Crippen molar-refractivity contribution in [1.82, 2.24) is 10.6 Å². The van der Waals surface area contributed by atoms with E-state index >= 15 is 0 Å². The molecule has 3 nitrogen and oxygen atoms in total. The van der Waals surface area contributed by atoms with Crippen molar-refractivity contribution < 1.29 is 4.79 Å². The zero-order chi connectivity index (χ0) is 14.9. The van der Waals surface area contributed by atoms with Gasteiger partial charge in [-0.3, -0.25) is 4.79 Å². The van der Waals surface area contributed by atoms with Crippen molar-refractivity contribution in [3.8, 4) is 0 Å². The molecule has 0 spiro atoms. The smallest absolute Gasteiger partial charge is 0.223 e. The molecule has 2 atom stereocenters. The van der Waals surface area contributed by atoms with Crippen molar-refractivity contribution in [1.29, 1.82) is 0 Å². The quantitative estimate of drug-likeness (QED) is 0.789. The Hall–Kier alpha value is -1.35. The van der Waals surface area contributed by atoms with Crippen LogP contribution in [0.15, 0.2) is 30.3 Å². The Labute approximate surface area is 127 Å². The van der Waals surface area contributed by atoms with Gasteiger partial charge in [-0.05, 0) is 36.2 Å². The molecule has 3 rings (SSSR count). The maximum Gasteiger partial charge on any atom is 0.223 e. The van der Waals surface area contributed by atoms with Crippen LogP contribution in [0.3, 0.4) is 0 Å². The molecule has 0 aromatic heterocycles. The molecule has 1 aromatic carbocycles. The molecule has 21 heavy (non-hydrogen) atoms. The minimum Gasteiger partial charge on any atom is -0.355 e. The Bertz CT molecular complexity index is 493. The van der Waals surface area contributed by atoms with Gasteiger partial charge in [-0.2, -0.15) is 0 Å². The van der Waals surface area contributed by atoms with Gasteiger partial charge in [-0.15, -0.1) is 0 Å². The van der Waals surface area contributed by atoms with Gasteiger partial charge in [-0.25, -0.2) is 0 Å². The molecule has 2 aliphatic carbocycles. The molecular weight excluding hydrogens is 260 g/mol. The summed E-state index contributed by atoms with van der Waals surface area (Å²) >= 11 is 0. The van der Waals surface area contributed by atoms with E-state index in [9.17, 15) is 4.79 Å². The maximum atomic E-state index is 11.6. The van der Waals surface area contributed by atoms with E-state index in [4.69, 9.17) is 0 Å². The highest BCUT2D eigenvalue weighted by Gasteiger charge is 2.48. The molecule has 1 aromatic rings. The van der Waals surface area contributed by atoms with Crippen molar-refractivity contribution in [3.63, 3.8) is 0 Å². The van der Waals surface area contributed by atoms with Gasteiger partial charge in [0.05, 0.1) is 0 Å². The van der Waals surface area contributed by atoms with Gasteiger partial charge in [-0.1, -0.05) is 44.2 Å². The maximum absolute atomic E-state index is 11.6. The van der Waals surface area contributed by atoms with Crippen LogP contribution in [0.2, 0.25) is 0 Å². The largest absolute Gasteiger partial charge is 0.355 e. The number of hydrogen-bond acceptors (Lipinski definition) is 2. The van der Waals surface area contributed by atoms with E-state index in [1.807, 2.05) is 0 Å². The summed E-state index contributed by atoms with van der Waals surface area (Å²) in [6.45, 7) is 6.30. The predicted octanol–water partition coefficient (Wildman–Crippen LogP) is 2.68. The monoisotopic (exact) mass is 286 g/mol. The van der Waals surface area contributed by atoms with Gasteiger partial charge in [0.25, 0.3) is 0 Å². The second kappa shape index (κ2) is 5.80. The summed E-state index contributed by atoms with van der Waals surface area (Å²) in [5.41, 5.74) is 1.73. The molecule has 114 valence electrons. The summed E-state index contributed by atoms with van der Waals surface area (Å²) in [6.07, 6.45) is 3.34. The Kier molecular flexibility index (Phi) is 4.03. The van der Waals surface area contributed by atoms with Crippen LogP contribution in [0.1, 0.15) is 44.6 Å². The van der Waals surface area contributed by atoms with E-state index in [0.717, 1.165) is 25.9 Å². The highest BCUT2D eigenvalue weighted by molar-refractivity contribution is 5.80. The van der Waals surface area contributed by atoms with E-state index in [1.165, 1.54) is 12.0 Å². The topological polar surface area (TPSA) is 41.1 Å². The molecule has 0 bridgehead atoms. The molecule has 0 radical (unpaired) electrons. The van der Waals surface area contributed by atoms with Gasteiger partial charge in [0, 0.05) is 25.0 Å². The average molecular weight is 286 g/mol. The lowest BCUT2D eigenvalue weighted by Gasteiger charge is -2.53. The SMILES string of the molecule is CC1(C)[C@@H](c2ccccc2)C[C@H]1NCCNC(=O)C1CC1.